The van der Waals surface area contributed by atoms with Crippen LogP contribution in [0.1, 0.15) is 6.92 Å². The predicted molar refractivity (Wildman–Crippen MR) is 63.0 cm³/mol. The number of nitrogens with zero attached hydrogens (tertiary/aromatic N) is 1. The zero-order chi connectivity index (χ0) is 12.8. The molecule has 0 aromatic heterocycles. The number of benzene rings is 1. The van der Waals surface area contributed by atoms with Gasteiger partial charge in [-0.15, -0.1) is 0 Å². The van der Waals surface area contributed by atoms with E-state index in [4.69, 9.17) is 5.11 Å². The summed E-state index contributed by atoms with van der Waals surface area (Å²) in [6.45, 7) is 1.69. The number of carboxylic acids is 1. The van der Waals surface area contributed by atoms with Crippen LogP contribution in [-0.2, 0) is 4.79 Å². The first-order chi connectivity index (χ1) is 8.02. The highest BCUT2D eigenvalue weighted by Crippen LogP contribution is 2.22. The molecule has 0 fully saturated rings. The third kappa shape index (κ3) is 3.60. The van der Waals surface area contributed by atoms with Gasteiger partial charge in [0.1, 0.15) is 5.69 Å². The van der Waals surface area contributed by atoms with Crippen molar-refractivity contribution in [3.63, 3.8) is 0 Å². The SMILES string of the molecule is CC(=CCNc1ccccc1[N+](=O)[O-])C(=O)O. The summed E-state index contributed by atoms with van der Waals surface area (Å²) < 4.78 is 0. The maximum absolute atomic E-state index is 10.7. The van der Waals surface area contributed by atoms with Gasteiger partial charge in [-0.2, -0.15) is 0 Å². The van der Waals surface area contributed by atoms with Crippen LogP contribution in [0.4, 0.5) is 11.4 Å². The van der Waals surface area contributed by atoms with Crippen LogP contribution in [0.2, 0.25) is 0 Å². The van der Waals surface area contributed by atoms with E-state index >= 15 is 0 Å². The van der Waals surface area contributed by atoms with Crippen molar-refractivity contribution >= 4 is 17.3 Å². The summed E-state index contributed by atoms with van der Waals surface area (Å²) in [4.78, 5) is 20.7. The fraction of sp³-hybridized carbons (Fsp3) is 0.182. The molecule has 0 aliphatic heterocycles. The molecule has 0 saturated carbocycles. The van der Waals surface area contributed by atoms with Gasteiger partial charge in [0, 0.05) is 18.2 Å². The summed E-state index contributed by atoms with van der Waals surface area (Å²) >= 11 is 0. The van der Waals surface area contributed by atoms with Gasteiger partial charge in [-0.25, -0.2) is 4.79 Å². The van der Waals surface area contributed by atoms with E-state index in [9.17, 15) is 14.9 Å². The molecular weight excluding hydrogens is 224 g/mol. The first-order valence-electron chi connectivity index (χ1n) is 4.89. The zero-order valence-electron chi connectivity index (χ0n) is 9.21. The number of carboxylic acid groups (broad SMARTS) is 1. The summed E-state index contributed by atoms with van der Waals surface area (Å²) in [5, 5.41) is 22.1. The van der Waals surface area contributed by atoms with E-state index in [2.05, 4.69) is 5.32 Å². The van der Waals surface area contributed by atoms with E-state index in [0.717, 1.165) is 0 Å². The third-order valence-corrected chi connectivity index (χ3v) is 2.14. The van der Waals surface area contributed by atoms with Crippen molar-refractivity contribution in [1.82, 2.24) is 0 Å². The van der Waals surface area contributed by atoms with Gasteiger partial charge in [0.05, 0.1) is 4.92 Å². The zero-order valence-corrected chi connectivity index (χ0v) is 9.21. The Kier molecular flexibility index (Phi) is 4.21. The molecule has 6 heteroatoms. The number of hydrogen-bond acceptors (Lipinski definition) is 4. The molecule has 90 valence electrons. The Labute approximate surface area is 97.7 Å². The summed E-state index contributed by atoms with van der Waals surface area (Å²) in [5.41, 5.74) is 0.525. The molecule has 0 atom stereocenters. The van der Waals surface area contributed by atoms with E-state index in [1.165, 1.54) is 19.1 Å². The van der Waals surface area contributed by atoms with E-state index in [1.54, 1.807) is 18.2 Å². The van der Waals surface area contributed by atoms with Crippen LogP contribution in [0.15, 0.2) is 35.9 Å². The van der Waals surface area contributed by atoms with Crippen LogP contribution >= 0.6 is 0 Å². The van der Waals surface area contributed by atoms with Crippen LogP contribution in [0, 0.1) is 10.1 Å². The maximum atomic E-state index is 10.7. The monoisotopic (exact) mass is 236 g/mol. The highest BCUT2D eigenvalue weighted by molar-refractivity contribution is 5.85. The molecule has 0 aliphatic carbocycles. The fourth-order valence-electron chi connectivity index (χ4n) is 1.18. The lowest BCUT2D eigenvalue weighted by Gasteiger charge is -2.04. The lowest BCUT2D eigenvalue weighted by atomic mass is 10.2. The molecule has 2 N–H and O–H groups in total. The van der Waals surface area contributed by atoms with Crippen LogP contribution in [0.5, 0.6) is 0 Å². The number of para-hydroxylation sites is 2. The first kappa shape index (κ1) is 12.7. The molecule has 0 spiro atoms. The molecule has 0 radical (unpaired) electrons. The molecule has 0 aliphatic rings. The minimum Gasteiger partial charge on any atom is -0.478 e. The molecule has 1 aromatic rings. The number of nitro groups is 1. The van der Waals surface area contributed by atoms with Crippen LogP contribution < -0.4 is 5.32 Å². The average Bonchev–Trinajstić information content (AvgIpc) is 2.29. The summed E-state index contributed by atoms with van der Waals surface area (Å²) in [5.74, 6) is -1.01. The summed E-state index contributed by atoms with van der Waals surface area (Å²) in [7, 11) is 0. The molecule has 0 unspecified atom stereocenters. The molecular formula is C11H12N2O4. The minimum absolute atomic E-state index is 0.0334. The second-order valence-corrected chi connectivity index (χ2v) is 3.35. The molecule has 0 bridgehead atoms. The van der Waals surface area contributed by atoms with Crippen LogP contribution in [0.3, 0.4) is 0 Å². The predicted octanol–water partition coefficient (Wildman–Crippen LogP) is 2.04. The number of rotatable bonds is 5. The molecule has 0 amide bonds. The second kappa shape index (κ2) is 5.64. The van der Waals surface area contributed by atoms with Gasteiger partial charge in [0.2, 0.25) is 0 Å². The highest BCUT2D eigenvalue weighted by atomic mass is 16.6. The quantitative estimate of drug-likeness (QED) is 0.463. The van der Waals surface area contributed by atoms with Gasteiger partial charge in [-0.05, 0) is 13.0 Å². The largest absolute Gasteiger partial charge is 0.478 e. The Balaban J connectivity index is 2.73. The van der Waals surface area contributed by atoms with Crippen molar-refractivity contribution in [1.29, 1.82) is 0 Å². The minimum atomic E-state index is -1.01. The van der Waals surface area contributed by atoms with Gasteiger partial charge in [-0.3, -0.25) is 10.1 Å². The molecule has 0 saturated heterocycles. The Morgan fingerprint density at radius 2 is 2.18 bits per heavy atom. The second-order valence-electron chi connectivity index (χ2n) is 3.35. The Bertz CT molecular complexity index is 468. The molecule has 0 heterocycles. The van der Waals surface area contributed by atoms with Crippen LogP contribution in [-0.4, -0.2) is 22.5 Å². The van der Waals surface area contributed by atoms with Gasteiger partial charge >= 0.3 is 5.97 Å². The lowest BCUT2D eigenvalue weighted by Crippen LogP contribution is -2.04. The van der Waals surface area contributed by atoms with Gasteiger partial charge in [-0.1, -0.05) is 18.2 Å². The van der Waals surface area contributed by atoms with Crippen molar-refractivity contribution in [2.45, 2.75) is 6.92 Å². The normalized spacial score (nSPS) is 11.0. The maximum Gasteiger partial charge on any atom is 0.331 e. The number of aliphatic carboxylic acids is 1. The van der Waals surface area contributed by atoms with Crippen molar-refractivity contribution in [2.75, 3.05) is 11.9 Å². The topological polar surface area (TPSA) is 92.5 Å². The van der Waals surface area contributed by atoms with E-state index < -0.39 is 10.9 Å². The Hall–Kier alpha value is -2.37. The number of hydrogen-bond donors (Lipinski definition) is 2. The van der Waals surface area contributed by atoms with E-state index in [1.807, 2.05) is 0 Å². The van der Waals surface area contributed by atoms with Crippen LogP contribution in [0.25, 0.3) is 0 Å². The standard InChI is InChI=1S/C11H12N2O4/c1-8(11(14)15)6-7-12-9-4-2-3-5-10(9)13(16)17/h2-6,12H,7H2,1H3,(H,14,15). The molecule has 1 rings (SSSR count). The Morgan fingerprint density at radius 1 is 1.53 bits per heavy atom. The molecule has 6 nitrogen and oxygen atoms in total. The first-order valence-corrected chi connectivity index (χ1v) is 4.89. The number of carbonyl (C=O) groups is 1. The average molecular weight is 236 g/mol. The highest BCUT2D eigenvalue weighted by Gasteiger charge is 2.10. The summed E-state index contributed by atoms with van der Waals surface area (Å²) in [6, 6.07) is 6.20. The Morgan fingerprint density at radius 3 is 2.76 bits per heavy atom. The third-order valence-electron chi connectivity index (χ3n) is 2.14. The van der Waals surface area contributed by atoms with E-state index in [0.29, 0.717) is 5.69 Å². The van der Waals surface area contributed by atoms with Crippen molar-refractivity contribution in [3.8, 4) is 0 Å². The van der Waals surface area contributed by atoms with Crippen molar-refractivity contribution < 1.29 is 14.8 Å². The smallest absolute Gasteiger partial charge is 0.331 e. The molecule has 17 heavy (non-hydrogen) atoms. The van der Waals surface area contributed by atoms with Crippen molar-refractivity contribution in [2.24, 2.45) is 0 Å². The number of nitrogens with one attached hydrogen (secondary N) is 1. The van der Waals surface area contributed by atoms with Gasteiger partial charge < -0.3 is 10.4 Å². The molecule has 1 aromatic carbocycles. The lowest BCUT2D eigenvalue weighted by molar-refractivity contribution is -0.383. The number of anilines is 1. The van der Waals surface area contributed by atoms with Gasteiger partial charge in [0.15, 0.2) is 0 Å². The summed E-state index contributed by atoms with van der Waals surface area (Å²) in [6.07, 6.45) is 1.46. The van der Waals surface area contributed by atoms with E-state index in [-0.39, 0.29) is 17.8 Å². The van der Waals surface area contributed by atoms with Gasteiger partial charge in [0.25, 0.3) is 5.69 Å². The van der Waals surface area contributed by atoms with Crippen molar-refractivity contribution in [3.05, 3.63) is 46.0 Å². The number of nitro benzene ring substituents is 1. The fourth-order valence-corrected chi connectivity index (χ4v) is 1.18.